The Morgan fingerprint density at radius 3 is 2.63 bits per heavy atom. The zero-order chi connectivity index (χ0) is 21.9. The SMILES string of the molecule is CCCCOc1cccc(C(=O)NC(=S)NNC(=O)COc2ccc(C)cc2Br)c1. The maximum atomic E-state index is 12.3. The molecule has 2 aromatic rings. The number of rotatable bonds is 8. The fourth-order valence-corrected chi connectivity index (χ4v) is 3.05. The molecule has 0 aromatic heterocycles. The molecule has 0 unspecified atom stereocenters. The van der Waals surface area contributed by atoms with Crippen molar-refractivity contribution in [2.24, 2.45) is 0 Å². The van der Waals surface area contributed by atoms with Gasteiger partial charge in [-0.1, -0.05) is 25.5 Å². The van der Waals surface area contributed by atoms with E-state index in [1.54, 1.807) is 30.3 Å². The van der Waals surface area contributed by atoms with Crippen LogP contribution in [-0.4, -0.2) is 30.1 Å². The van der Waals surface area contributed by atoms with Crippen LogP contribution >= 0.6 is 28.1 Å². The second-order valence-electron chi connectivity index (χ2n) is 6.41. The third-order valence-corrected chi connectivity index (χ3v) is 4.68. The first-order valence-electron chi connectivity index (χ1n) is 9.41. The van der Waals surface area contributed by atoms with Gasteiger partial charge in [0.05, 0.1) is 11.1 Å². The number of hydrogen-bond acceptors (Lipinski definition) is 5. The zero-order valence-corrected chi connectivity index (χ0v) is 19.2. The van der Waals surface area contributed by atoms with E-state index in [0.717, 1.165) is 22.9 Å². The van der Waals surface area contributed by atoms with Gasteiger partial charge in [-0.2, -0.15) is 0 Å². The van der Waals surface area contributed by atoms with Crippen molar-refractivity contribution in [2.75, 3.05) is 13.2 Å². The highest BCUT2D eigenvalue weighted by Crippen LogP contribution is 2.25. The summed E-state index contributed by atoms with van der Waals surface area (Å²) in [6.07, 6.45) is 1.97. The number of carbonyl (C=O) groups excluding carboxylic acids is 2. The molecule has 3 N–H and O–H groups in total. The fraction of sp³-hybridized carbons (Fsp3) is 0.286. The summed E-state index contributed by atoms with van der Waals surface area (Å²) in [5, 5.41) is 2.46. The van der Waals surface area contributed by atoms with Crippen LogP contribution in [0.25, 0.3) is 0 Å². The van der Waals surface area contributed by atoms with Crippen LogP contribution in [0.4, 0.5) is 0 Å². The highest BCUT2D eigenvalue weighted by atomic mass is 79.9. The smallest absolute Gasteiger partial charge is 0.276 e. The average molecular weight is 494 g/mol. The molecule has 0 saturated heterocycles. The molecule has 0 aliphatic heterocycles. The Morgan fingerprint density at radius 1 is 1.10 bits per heavy atom. The summed E-state index contributed by atoms with van der Waals surface area (Å²) in [7, 11) is 0. The van der Waals surface area contributed by atoms with Crippen molar-refractivity contribution in [3.8, 4) is 11.5 Å². The molecule has 9 heteroatoms. The summed E-state index contributed by atoms with van der Waals surface area (Å²) in [5.41, 5.74) is 6.32. The molecule has 7 nitrogen and oxygen atoms in total. The molecule has 0 radical (unpaired) electrons. The van der Waals surface area contributed by atoms with Crippen LogP contribution in [0.2, 0.25) is 0 Å². The summed E-state index contributed by atoms with van der Waals surface area (Å²) in [6, 6.07) is 12.3. The normalized spacial score (nSPS) is 10.1. The molecule has 160 valence electrons. The molecule has 2 aromatic carbocycles. The summed E-state index contributed by atoms with van der Waals surface area (Å²) in [5.74, 6) is 0.295. The molecule has 0 saturated carbocycles. The van der Waals surface area contributed by atoms with Crippen molar-refractivity contribution in [1.29, 1.82) is 0 Å². The van der Waals surface area contributed by atoms with Gasteiger partial charge in [-0.25, -0.2) is 0 Å². The molecule has 0 heterocycles. The van der Waals surface area contributed by atoms with Gasteiger partial charge in [-0.15, -0.1) is 0 Å². The van der Waals surface area contributed by atoms with Crippen molar-refractivity contribution in [2.45, 2.75) is 26.7 Å². The monoisotopic (exact) mass is 493 g/mol. The van der Waals surface area contributed by atoms with Crippen molar-refractivity contribution in [3.05, 3.63) is 58.1 Å². The number of hydrazine groups is 1. The number of halogens is 1. The Hall–Kier alpha value is -2.65. The van der Waals surface area contributed by atoms with Crippen LogP contribution in [0.1, 0.15) is 35.7 Å². The number of carbonyl (C=O) groups is 2. The van der Waals surface area contributed by atoms with E-state index in [4.69, 9.17) is 21.7 Å². The molecular weight excluding hydrogens is 470 g/mol. The lowest BCUT2D eigenvalue weighted by Crippen LogP contribution is -2.49. The number of ether oxygens (including phenoxy) is 2. The number of amides is 2. The van der Waals surface area contributed by atoms with E-state index >= 15 is 0 Å². The third-order valence-electron chi connectivity index (χ3n) is 3.85. The Morgan fingerprint density at radius 2 is 1.90 bits per heavy atom. The third kappa shape index (κ3) is 8.00. The minimum absolute atomic E-state index is 0.0397. The minimum Gasteiger partial charge on any atom is -0.494 e. The van der Waals surface area contributed by atoms with Gasteiger partial charge in [0.25, 0.3) is 11.8 Å². The van der Waals surface area contributed by atoms with Crippen LogP contribution in [0, 0.1) is 6.92 Å². The molecule has 0 fully saturated rings. The topological polar surface area (TPSA) is 88.7 Å². The van der Waals surface area contributed by atoms with E-state index in [1.807, 2.05) is 19.1 Å². The number of nitrogens with one attached hydrogen (secondary N) is 3. The van der Waals surface area contributed by atoms with Gasteiger partial charge >= 0.3 is 0 Å². The second-order valence-corrected chi connectivity index (χ2v) is 7.67. The van der Waals surface area contributed by atoms with E-state index < -0.39 is 11.8 Å². The van der Waals surface area contributed by atoms with E-state index in [9.17, 15) is 9.59 Å². The molecule has 2 amide bonds. The van der Waals surface area contributed by atoms with Crippen LogP contribution < -0.4 is 25.6 Å². The predicted octanol–water partition coefficient (Wildman–Crippen LogP) is 3.65. The molecule has 0 bridgehead atoms. The molecule has 2 rings (SSSR count). The van der Waals surface area contributed by atoms with E-state index in [1.165, 1.54) is 0 Å². The molecule has 30 heavy (non-hydrogen) atoms. The maximum absolute atomic E-state index is 12.3. The first-order valence-corrected chi connectivity index (χ1v) is 10.6. The van der Waals surface area contributed by atoms with Crippen LogP contribution in [0.3, 0.4) is 0 Å². The summed E-state index contributed by atoms with van der Waals surface area (Å²) < 4.78 is 11.8. The van der Waals surface area contributed by atoms with Gasteiger partial charge in [0, 0.05) is 5.56 Å². The standard InChI is InChI=1S/C21H24BrN3O4S/c1-3-4-10-28-16-7-5-6-15(12-16)20(27)23-21(30)25-24-19(26)13-29-18-9-8-14(2)11-17(18)22/h5-9,11-12H,3-4,10,13H2,1-2H3,(H,24,26)(H2,23,25,27,30). The Balaban J connectivity index is 1.76. The van der Waals surface area contributed by atoms with Crippen molar-refractivity contribution < 1.29 is 19.1 Å². The Bertz CT molecular complexity index is 908. The number of benzene rings is 2. The Kier molecular flexibility index (Phi) is 9.56. The highest BCUT2D eigenvalue weighted by molar-refractivity contribution is 9.10. The van der Waals surface area contributed by atoms with Crippen LogP contribution in [-0.2, 0) is 4.79 Å². The van der Waals surface area contributed by atoms with Crippen LogP contribution in [0.15, 0.2) is 46.9 Å². The first-order chi connectivity index (χ1) is 14.4. The van der Waals surface area contributed by atoms with Gasteiger partial charge in [-0.3, -0.25) is 25.8 Å². The summed E-state index contributed by atoms with van der Waals surface area (Å²) in [4.78, 5) is 24.2. The Labute approximate surface area is 189 Å². The molecular formula is C21H24BrN3O4S. The highest BCUT2D eigenvalue weighted by Gasteiger charge is 2.10. The minimum atomic E-state index is -0.453. The second kappa shape index (κ2) is 12.1. The fourth-order valence-electron chi connectivity index (χ4n) is 2.30. The number of unbranched alkanes of at least 4 members (excludes halogenated alkanes) is 1. The van der Waals surface area contributed by atoms with Crippen molar-refractivity contribution >= 4 is 45.1 Å². The van der Waals surface area contributed by atoms with Crippen molar-refractivity contribution in [3.63, 3.8) is 0 Å². The number of aryl methyl sites for hydroxylation is 1. The summed E-state index contributed by atoms with van der Waals surface area (Å²) in [6.45, 7) is 4.40. The van der Waals surface area contributed by atoms with Gasteiger partial charge in [0.15, 0.2) is 11.7 Å². The zero-order valence-electron chi connectivity index (χ0n) is 16.8. The molecule has 0 aliphatic rings. The van der Waals surface area contributed by atoms with Crippen LogP contribution in [0.5, 0.6) is 11.5 Å². The van der Waals surface area contributed by atoms with Gasteiger partial charge < -0.3 is 9.47 Å². The lowest BCUT2D eigenvalue weighted by atomic mass is 10.2. The van der Waals surface area contributed by atoms with Gasteiger partial charge in [-0.05, 0) is 77.4 Å². The predicted molar refractivity (Wildman–Crippen MR) is 123 cm³/mol. The van der Waals surface area contributed by atoms with Gasteiger partial charge in [0.2, 0.25) is 0 Å². The quantitative estimate of drug-likeness (QED) is 0.295. The summed E-state index contributed by atoms with van der Waals surface area (Å²) >= 11 is 8.42. The van der Waals surface area contributed by atoms with E-state index in [2.05, 4.69) is 39.0 Å². The van der Waals surface area contributed by atoms with Gasteiger partial charge in [0.1, 0.15) is 11.5 Å². The van der Waals surface area contributed by atoms with E-state index in [-0.39, 0.29) is 11.7 Å². The largest absolute Gasteiger partial charge is 0.494 e. The molecule has 0 atom stereocenters. The maximum Gasteiger partial charge on any atom is 0.276 e. The lowest BCUT2D eigenvalue weighted by molar-refractivity contribution is -0.123. The lowest BCUT2D eigenvalue weighted by Gasteiger charge is -2.12. The first kappa shape index (κ1) is 23.6. The molecule has 0 aliphatic carbocycles. The number of hydrogen-bond donors (Lipinski definition) is 3. The average Bonchev–Trinajstić information content (AvgIpc) is 2.72. The molecule has 0 spiro atoms. The number of thiocarbonyl (C=S) groups is 1. The van der Waals surface area contributed by atoms with Crippen molar-refractivity contribution in [1.82, 2.24) is 16.2 Å². The van der Waals surface area contributed by atoms with E-state index in [0.29, 0.717) is 23.7 Å².